The number of rotatable bonds is 4. The summed E-state index contributed by atoms with van der Waals surface area (Å²) in [5.74, 6) is -1.31. The molecule has 20 heavy (non-hydrogen) atoms. The fraction of sp³-hybridized carbons (Fsp3) is 0.500. The lowest BCUT2D eigenvalue weighted by Gasteiger charge is -2.25. The molecule has 2 rings (SSSR count). The van der Waals surface area contributed by atoms with Crippen LogP contribution in [-0.4, -0.2) is 17.0 Å². The quantitative estimate of drug-likeness (QED) is 0.887. The molecule has 0 spiro atoms. The molecule has 0 unspecified atom stereocenters. The van der Waals surface area contributed by atoms with Crippen LogP contribution in [0.3, 0.4) is 0 Å². The Labute approximate surface area is 119 Å². The van der Waals surface area contributed by atoms with E-state index in [1.165, 1.54) is 0 Å². The first-order valence-corrected chi connectivity index (χ1v) is 7.13. The monoisotopic (exact) mass is 275 g/mol. The summed E-state index contributed by atoms with van der Waals surface area (Å²) in [6, 6.07) is 7.94. The van der Waals surface area contributed by atoms with Gasteiger partial charge in [0.2, 0.25) is 5.91 Å². The predicted octanol–water partition coefficient (Wildman–Crippen LogP) is 2.50. The Bertz CT molecular complexity index is 498. The highest BCUT2D eigenvalue weighted by molar-refractivity contribution is 5.80. The van der Waals surface area contributed by atoms with E-state index in [1.54, 1.807) is 0 Å². The highest BCUT2D eigenvalue weighted by Gasteiger charge is 2.30. The molecule has 1 aromatic carbocycles. The number of aryl methyl sites for hydroxylation is 1. The average molecular weight is 275 g/mol. The van der Waals surface area contributed by atoms with Crippen molar-refractivity contribution in [3.63, 3.8) is 0 Å². The van der Waals surface area contributed by atoms with Gasteiger partial charge in [0.1, 0.15) is 0 Å². The summed E-state index contributed by atoms with van der Waals surface area (Å²) in [5, 5.41) is 12.0. The first kappa shape index (κ1) is 14.6. The molecular formula is C16H21NO3. The molecule has 1 saturated carbocycles. The molecule has 4 heteroatoms. The maximum atomic E-state index is 12.1. The largest absolute Gasteiger partial charge is 0.481 e. The van der Waals surface area contributed by atoms with Crippen LogP contribution in [-0.2, 0) is 16.1 Å². The normalized spacial score (nSPS) is 22.2. The van der Waals surface area contributed by atoms with E-state index < -0.39 is 5.97 Å². The van der Waals surface area contributed by atoms with Crippen molar-refractivity contribution in [2.24, 2.45) is 11.8 Å². The van der Waals surface area contributed by atoms with Crippen LogP contribution in [0.1, 0.15) is 36.8 Å². The summed E-state index contributed by atoms with van der Waals surface area (Å²) in [7, 11) is 0. The molecule has 2 N–H and O–H groups in total. The van der Waals surface area contributed by atoms with E-state index in [1.807, 2.05) is 31.2 Å². The van der Waals surface area contributed by atoms with Gasteiger partial charge < -0.3 is 10.4 Å². The van der Waals surface area contributed by atoms with Crippen molar-refractivity contribution >= 4 is 11.9 Å². The van der Waals surface area contributed by atoms with E-state index in [-0.39, 0.29) is 17.7 Å². The summed E-state index contributed by atoms with van der Waals surface area (Å²) in [6.45, 7) is 2.53. The van der Waals surface area contributed by atoms with Crippen molar-refractivity contribution in [3.8, 4) is 0 Å². The zero-order valence-electron chi connectivity index (χ0n) is 11.8. The van der Waals surface area contributed by atoms with E-state index in [4.69, 9.17) is 5.11 Å². The van der Waals surface area contributed by atoms with E-state index >= 15 is 0 Å². The smallest absolute Gasteiger partial charge is 0.306 e. The third-order valence-electron chi connectivity index (χ3n) is 4.11. The fourth-order valence-electron chi connectivity index (χ4n) is 2.79. The van der Waals surface area contributed by atoms with Crippen molar-refractivity contribution in [1.82, 2.24) is 5.32 Å². The van der Waals surface area contributed by atoms with Crippen LogP contribution >= 0.6 is 0 Å². The van der Waals surface area contributed by atoms with Gasteiger partial charge in [0.15, 0.2) is 0 Å². The molecule has 1 amide bonds. The van der Waals surface area contributed by atoms with Crippen LogP contribution < -0.4 is 5.32 Å². The Kier molecular flexibility index (Phi) is 4.77. The van der Waals surface area contributed by atoms with E-state index in [0.29, 0.717) is 19.4 Å². The van der Waals surface area contributed by atoms with Gasteiger partial charge in [-0.3, -0.25) is 9.59 Å². The summed E-state index contributed by atoms with van der Waals surface area (Å²) in [4.78, 5) is 23.2. The van der Waals surface area contributed by atoms with Gasteiger partial charge in [-0.2, -0.15) is 0 Å². The number of amides is 1. The van der Waals surface area contributed by atoms with Gasteiger partial charge in [0.25, 0.3) is 0 Å². The first-order chi connectivity index (χ1) is 9.58. The topological polar surface area (TPSA) is 66.4 Å². The lowest BCUT2D eigenvalue weighted by Crippen LogP contribution is -2.35. The maximum Gasteiger partial charge on any atom is 0.306 e. The summed E-state index contributed by atoms with van der Waals surface area (Å²) in [5.41, 5.74) is 2.26. The Morgan fingerprint density at radius 1 is 1.25 bits per heavy atom. The third-order valence-corrected chi connectivity index (χ3v) is 4.11. The number of benzene rings is 1. The maximum absolute atomic E-state index is 12.1. The number of carboxylic acids is 1. The molecule has 2 atom stereocenters. The molecule has 0 aromatic heterocycles. The van der Waals surface area contributed by atoms with Gasteiger partial charge >= 0.3 is 5.97 Å². The van der Waals surface area contributed by atoms with Crippen molar-refractivity contribution in [2.45, 2.75) is 39.2 Å². The molecule has 108 valence electrons. The van der Waals surface area contributed by atoms with Crippen LogP contribution in [0.15, 0.2) is 24.3 Å². The molecule has 1 fully saturated rings. The van der Waals surface area contributed by atoms with Gasteiger partial charge in [-0.15, -0.1) is 0 Å². The number of hydrogen-bond donors (Lipinski definition) is 2. The van der Waals surface area contributed by atoms with Crippen LogP contribution in [0.4, 0.5) is 0 Å². The molecule has 1 aliphatic carbocycles. The molecule has 0 bridgehead atoms. The second kappa shape index (κ2) is 6.55. The highest BCUT2D eigenvalue weighted by Crippen LogP contribution is 2.29. The van der Waals surface area contributed by atoms with Crippen LogP contribution in [0.25, 0.3) is 0 Å². The number of aliphatic carboxylic acids is 1. The highest BCUT2D eigenvalue weighted by atomic mass is 16.4. The molecular weight excluding hydrogens is 254 g/mol. The molecule has 4 nitrogen and oxygen atoms in total. The van der Waals surface area contributed by atoms with E-state index in [9.17, 15) is 9.59 Å². The zero-order valence-corrected chi connectivity index (χ0v) is 11.8. The number of carboxylic acid groups (broad SMARTS) is 1. The Morgan fingerprint density at radius 2 is 1.95 bits per heavy atom. The van der Waals surface area contributed by atoms with Crippen LogP contribution in [0.5, 0.6) is 0 Å². The van der Waals surface area contributed by atoms with Gasteiger partial charge in [-0.1, -0.05) is 30.7 Å². The third kappa shape index (κ3) is 3.59. The lowest BCUT2D eigenvalue weighted by molar-refractivity contribution is -0.144. The first-order valence-electron chi connectivity index (χ1n) is 7.13. The number of nitrogens with one attached hydrogen (secondary N) is 1. The van der Waals surface area contributed by atoms with Gasteiger partial charge in [0.05, 0.1) is 5.92 Å². The molecule has 0 radical (unpaired) electrons. The summed E-state index contributed by atoms with van der Waals surface area (Å²) >= 11 is 0. The minimum Gasteiger partial charge on any atom is -0.481 e. The molecule has 0 aliphatic heterocycles. The van der Waals surface area contributed by atoms with Gasteiger partial charge in [0, 0.05) is 12.5 Å². The van der Waals surface area contributed by atoms with Gasteiger partial charge in [-0.25, -0.2) is 0 Å². The number of carbonyl (C=O) groups excluding carboxylic acids is 1. The zero-order chi connectivity index (χ0) is 14.5. The second-order valence-electron chi connectivity index (χ2n) is 5.54. The van der Waals surface area contributed by atoms with Crippen molar-refractivity contribution < 1.29 is 14.7 Å². The molecule has 1 aromatic rings. The second-order valence-corrected chi connectivity index (χ2v) is 5.54. The Hall–Kier alpha value is -1.84. The SMILES string of the molecule is Cc1ccccc1CNC(=O)[C@H]1CCC[C@H](C(=O)O)C1. The molecule has 1 aliphatic rings. The number of hydrogen-bond acceptors (Lipinski definition) is 2. The Morgan fingerprint density at radius 3 is 2.65 bits per heavy atom. The van der Waals surface area contributed by atoms with Gasteiger partial charge in [-0.05, 0) is 37.3 Å². The standard InChI is InChI=1S/C16H21NO3/c1-11-5-2-3-6-14(11)10-17-15(18)12-7-4-8-13(9-12)16(19)20/h2-3,5-6,12-13H,4,7-10H2,1H3,(H,17,18)(H,19,20)/t12-,13-/m0/s1. The Balaban J connectivity index is 1.89. The minimum atomic E-state index is -0.776. The predicted molar refractivity (Wildman–Crippen MR) is 76.1 cm³/mol. The van der Waals surface area contributed by atoms with Crippen molar-refractivity contribution in [1.29, 1.82) is 0 Å². The van der Waals surface area contributed by atoms with E-state index in [0.717, 1.165) is 24.0 Å². The number of carbonyl (C=O) groups is 2. The molecule has 0 saturated heterocycles. The van der Waals surface area contributed by atoms with Crippen LogP contribution in [0.2, 0.25) is 0 Å². The van der Waals surface area contributed by atoms with E-state index in [2.05, 4.69) is 5.32 Å². The van der Waals surface area contributed by atoms with Crippen LogP contribution in [0, 0.1) is 18.8 Å². The lowest BCUT2D eigenvalue weighted by atomic mass is 9.81. The summed E-state index contributed by atoms with van der Waals surface area (Å²) in [6.07, 6.45) is 2.77. The molecule has 0 heterocycles. The summed E-state index contributed by atoms with van der Waals surface area (Å²) < 4.78 is 0. The van der Waals surface area contributed by atoms with Crippen molar-refractivity contribution in [2.75, 3.05) is 0 Å². The minimum absolute atomic E-state index is 0.0146. The van der Waals surface area contributed by atoms with Crippen molar-refractivity contribution in [3.05, 3.63) is 35.4 Å². The fourth-order valence-corrected chi connectivity index (χ4v) is 2.79. The average Bonchev–Trinajstić information content (AvgIpc) is 2.46.